The molecule has 196 valence electrons. The van der Waals surface area contributed by atoms with Crippen molar-refractivity contribution in [1.29, 1.82) is 0 Å². The van der Waals surface area contributed by atoms with Crippen molar-refractivity contribution >= 4 is 29.2 Å². The number of amides is 3. The molecule has 9 heteroatoms. The molecule has 0 aromatic heterocycles. The van der Waals surface area contributed by atoms with Gasteiger partial charge in [0.05, 0.1) is 18.2 Å². The van der Waals surface area contributed by atoms with E-state index in [-0.39, 0.29) is 42.2 Å². The number of halogens is 1. The van der Waals surface area contributed by atoms with Crippen LogP contribution >= 0.6 is 0 Å². The van der Waals surface area contributed by atoms with E-state index >= 15 is 0 Å². The fraction of sp³-hybridized carbons (Fsp3) is 0.429. The fourth-order valence-electron chi connectivity index (χ4n) is 5.17. The number of nitrogens with zero attached hydrogens (tertiary/aromatic N) is 3. The van der Waals surface area contributed by atoms with E-state index in [0.29, 0.717) is 18.4 Å². The number of ketones is 1. The Balaban J connectivity index is 1.51. The summed E-state index contributed by atoms with van der Waals surface area (Å²) in [7, 11) is 3.82. The largest absolute Gasteiger partial charge is 0.378 e. The van der Waals surface area contributed by atoms with Crippen LogP contribution in [0.25, 0.3) is 0 Å². The summed E-state index contributed by atoms with van der Waals surface area (Å²) in [6.45, 7) is 4.02. The van der Waals surface area contributed by atoms with Crippen LogP contribution < -0.4 is 10.2 Å². The maximum atomic E-state index is 14.2. The Bertz CT molecular complexity index is 1200. The second kappa shape index (κ2) is 10.7. The summed E-state index contributed by atoms with van der Waals surface area (Å²) < 4.78 is 14.2. The van der Waals surface area contributed by atoms with Crippen LogP contribution in [-0.4, -0.2) is 78.6 Å². The second-order valence-electron chi connectivity index (χ2n) is 10.3. The van der Waals surface area contributed by atoms with Crippen molar-refractivity contribution < 1.29 is 23.6 Å². The van der Waals surface area contributed by atoms with Gasteiger partial charge in [-0.15, -0.1) is 0 Å². The van der Waals surface area contributed by atoms with E-state index in [4.69, 9.17) is 0 Å². The highest BCUT2D eigenvalue weighted by Gasteiger charge is 2.52. The topological polar surface area (TPSA) is 90.0 Å². The quantitative estimate of drug-likeness (QED) is 0.621. The Morgan fingerprint density at radius 1 is 1.05 bits per heavy atom. The average Bonchev–Trinajstić information content (AvgIpc) is 3.44. The number of rotatable bonds is 7. The highest BCUT2D eigenvalue weighted by atomic mass is 19.1. The van der Waals surface area contributed by atoms with Gasteiger partial charge in [0.25, 0.3) is 11.8 Å². The van der Waals surface area contributed by atoms with Gasteiger partial charge in [-0.1, -0.05) is 26.0 Å². The number of fused-ring (bicyclic) bond motifs is 1. The van der Waals surface area contributed by atoms with Crippen LogP contribution in [0.1, 0.15) is 47.4 Å². The third-order valence-electron chi connectivity index (χ3n) is 7.03. The fourth-order valence-corrected chi connectivity index (χ4v) is 5.17. The number of carbonyl (C=O) groups is 4. The van der Waals surface area contributed by atoms with Gasteiger partial charge in [0.2, 0.25) is 5.91 Å². The smallest absolute Gasteiger partial charge is 0.257 e. The number of hydrogen-bond donors (Lipinski definition) is 1. The lowest BCUT2D eigenvalue weighted by Crippen LogP contribution is -2.53. The van der Waals surface area contributed by atoms with Crippen molar-refractivity contribution in [2.24, 2.45) is 5.92 Å². The lowest BCUT2D eigenvalue weighted by Gasteiger charge is -2.29. The van der Waals surface area contributed by atoms with E-state index in [2.05, 4.69) is 5.32 Å². The highest BCUT2D eigenvalue weighted by Crippen LogP contribution is 2.32. The van der Waals surface area contributed by atoms with Gasteiger partial charge in [-0.25, -0.2) is 4.39 Å². The summed E-state index contributed by atoms with van der Waals surface area (Å²) in [5.41, 5.74) is 1.29. The van der Waals surface area contributed by atoms with Crippen molar-refractivity contribution in [3.05, 3.63) is 65.5 Å². The Labute approximate surface area is 216 Å². The molecular formula is C28H33FN4O4. The number of Topliss-reactive ketones (excluding diaryl/α,β-unsaturated/α-hetero) is 1. The minimum absolute atomic E-state index is 0.0917. The van der Waals surface area contributed by atoms with E-state index in [9.17, 15) is 23.6 Å². The molecule has 4 rings (SSSR count). The molecule has 0 bridgehead atoms. The molecule has 2 saturated heterocycles. The van der Waals surface area contributed by atoms with Gasteiger partial charge in [0.1, 0.15) is 17.9 Å². The van der Waals surface area contributed by atoms with Crippen LogP contribution in [-0.2, 0) is 9.59 Å². The molecule has 2 fully saturated rings. The molecule has 2 aliphatic rings. The number of carbonyl (C=O) groups excluding carboxylic acids is 4. The van der Waals surface area contributed by atoms with Crippen LogP contribution in [0.2, 0.25) is 0 Å². The molecule has 0 saturated carbocycles. The second-order valence-corrected chi connectivity index (χ2v) is 10.3. The van der Waals surface area contributed by atoms with Gasteiger partial charge < -0.3 is 20.0 Å². The van der Waals surface area contributed by atoms with Gasteiger partial charge in [0, 0.05) is 31.9 Å². The summed E-state index contributed by atoms with van der Waals surface area (Å²) in [6.07, 6.45) is 0.816. The maximum Gasteiger partial charge on any atom is 0.257 e. The van der Waals surface area contributed by atoms with Gasteiger partial charge >= 0.3 is 0 Å². The maximum absolute atomic E-state index is 14.2. The Morgan fingerprint density at radius 2 is 1.73 bits per heavy atom. The zero-order valence-corrected chi connectivity index (χ0v) is 21.6. The lowest BCUT2D eigenvalue weighted by atomic mass is 10.0. The Morgan fingerprint density at radius 3 is 2.35 bits per heavy atom. The predicted molar refractivity (Wildman–Crippen MR) is 138 cm³/mol. The van der Waals surface area contributed by atoms with Gasteiger partial charge in [-0.3, -0.25) is 19.2 Å². The van der Waals surface area contributed by atoms with Crippen LogP contribution in [0.5, 0.6) is 0 Å². The number of nitrogens with one attached hydrogen (secondary N) is 1. The van der Waals surface area contributed by atoms with Crippen molar-refractivity contribution in [1.82, 2.24) is 15.1 Å². The third-order valence-corrected chi connectivity index (χ3v) is 7.03. The molecule has 2 aromatic carbocycles. The molecule has 2 aliphatic heterocycles. The third kappa shape index (κ3) is 5.35. The van der Waals surface area contributed by atoms with E-state index in [1.165, 1.54) is 28.0 Å². The molecule has 1 N–H and O–H groups in total. The van der Waals surface area contributed by atoms with Gasteiger partial charge in [-0.05, 0) is 55.2 Å². The number of anilines is 1. The first-order valence-corrected chi connectivity index (χ1v) is 12.6. The summed E-state index contributed by atoms with van der Waals surface area (Å²) in [4.78, 5) is 57.5. The van der Waals surface area contributed by atoms with Crippen LogP contribution in [0.3, 0.4) is 0 Å². The van der Waals surface area contributed by atoms with Gasteiger partial charge in [-0.2, -0.15) is 0 Å². The normalized spacial score (nSPS) is 19.7. The van der Waals surface area contributed by atoms with Gasteiger partial charge in [0.15, 0.2) is 5.78 Å². The summed E-state index contributed by atoms with van der Waals surface area (Å²) in [6, 6.07) is 10.6. The molecule has 2 aromatic rings. The van der Waals surface area contributed by atoms with Crippen molar-refractivity contribution in [3.63, 3.8) is 0 Å². The molecule has 0 spiro atoms. The van der Waals surface area contributed by atoms with E-state index in [1.807, 2.05) is 45.0 Å². The molecule has 2 unspecified atom stereocenters. The molecule has 3 atom stereocenters. The first kappa shape index (κ1) is 26.3. The minimum atomic E-state index is -0.816. The average molecular weight is 509 g/mol. The number of benzene rings is 2. The first-order chi connectivity index (χ1) is 17.6. The first-order valence-electron chi connectivity index (χ1n) is 12.6. The molecule has 37 heavy (non-hydrogen) atoms. The van der Waals surface area contributed by atoms with E-state index in [1.54, 1.807) is 18.2 Å². The molecule has 0 aliphatic carbocycles. The van der Waals surface area contributed by atoms with Crippen molar-refractivity contribution in [2.75, 3.05) is 32.1 Å². The van der Waals surface area contributed by atoms with Crippen LogP contribution in [0.4, 0.5) is 10.1 Å². The summed E-state index contributed by atoms with van der Waals surface area (Å²) in [5, 5.41) is 2.87. The molecular weight excluding hydrogens is 475 g/mol. The number of likely N-dealkylation sites (tertiary alicyclic amines) is 2. The Hall–Kier alpha value is -3.75. The predicted octanol–water partition coefficient (Wildman–Crippen LogP) is 2.73. The Kier molecular flexibility index (Phi) is 7.61. The molecule has 2 heterocycles. The molecule has 8 nitrogen and oxygen atoms in total. The van der Waals surface area contributed by atoms with E-state index < -0.39 is 29.8 Å². The number of hydrogen-bond acceptors (Lipinski definition) is 5. The van der Waals surface area contributed by atoms with Crippen LogP contribution in [0.15, 0.2) is 48.5 Å². The minimum Gasteiger partial charge on any atom is -0.378 e. The van der Waals surface area contributed by atoms with Crippen molar-refractivity contribution in [2.45, 2.75) is 44.8 Å². The molecule has 3 amide bonds. The lowest BCUT2D eigenvalue weighted by molar-refractivity contribution is -0.138. The standard InChI is InChI=1S/C28H33FN4O4/c1-17(2)15-22(30-26(35)18-9-11-19(12-10-18)31(3)4)28(37)32-14-13-23-25(32)24(34)16-33(23)27(36)20-7-5-6-8-21(20)29/h5-12,17,22-23,25H,13-16H2,1-4H3,(H,30,35)/t22-,23?,25?/m0/s1. The zero-order chi connectivity index (χ0) is 26.9. The summed E-state index contributed by atoms with van der Waals surface area (Å²) >= 11 is 0. The molecule has 0 radical (unpaired) electrons. The zero-order valence-electron chi connectivity index (χ0n) is 21.6. The van der Waals surface area contributed by atoms with E-state index in [0.717, 1.165) is 5.69 Å². The van der Waals surface area contributed by atoms with Crippen molar-refractivity contribution in [3.8, 4) is 0 Å². The highest BCUT2D eigenvalue weighted by molar-refractivity contribution is 6.03. The monoisotopic (exact) mass is 508 g/mol. The SMILES string of the molecule is CC(C)C[C@H](NC(=O)c1ccc(N(C)C)cc1)C(=O)N1CCC2C1C(=O)CN2C(=O)c1ccccc1F. The summed E-state index contributed by atoms with van der Waals surface area (Å²) in [5.74, 6) is -2.05. The van der Waals surface area contributed by atoms with Crippen LogP contribution in [0, 0.1) is 11.7 Å².